The maximum Gasteiger partial charge on any atom is 0.251 e. The summed E-state index contributed by atoms with van der Waals surface area (Å²) in [6.45, 7) is 3.67. The minimum atomic E-state index is -3.50. The number of aliphatic hydroxyl groups is 1. The third kappa shape index (κ3) is 5.30. The first-order valence-electron chi connectivity index (χ1n) is 6.57. The molecule has 5 nitrogen and oxygen atoms in total. The second kappa shape index (κ2) is 6.77. The topological polar surface area (TPSA) is 83.5 Å². The number of rotatable bonds is 6. The molecule has 0 aliphatic heterocycles. The lowest BCUT2D eigenvalue weighted by Crippen LogP contribution is -2.40. The van der Waals surface area contributed by atoms with Crippen LogP contribution >= 0.6 is 11.6 Å². The van der Waals surface area contributed by atoms with E-state index in [-0.39, 0.29) is 22.0 Å². The van der Waals surface area contributed by atoms with Gasteiger partial charge in [-0.15, -0.1) is 0 Å². The smallest absolute Gasteiger partial charge is 0.251 e. The number of nitrogens with one attached hydrogen (secondary N) is 1. The van der Waals surface area contributed by atoms with Crippen LogP contribution in [0.5, 0.6) is 0 Å². The molecular weight excluding hydrogens is 314 g/mol. The van der Waals surface area contributed by atoms with E-state index >= 15 is 0 Å². The first kappa shape index (κ1) is 17.9. The first-order chi connectivity index (χ1) is 9.57. The second-order valence-corrected chi connectivity index (χ2v) is 7.74. The molecule has 1 aromatic rings. The Hall–Kier alpha value is -1.11. The number of carbonyl (C=O) groups is 1. The molecule has 0 bridgehead atoms. The second-order valence-electron chi connectivity index (χ2n) is 5.35. The fourth-order valence-electron chi connectivity index (χ4n) is 1.93. The van der Waals surface area contributed by atoms with Gasteiger partial charge in [-0.3, -0.25) is 4.79 Å². The fourth-order valence-corrected chi connectivity index (χ4v) is 3.23. The maximum absolute atomic E-state index is 12.0. The molecule has 0 saturated heterocycles. The van der Waals surface area contributed by atoms with E-state index in [9.17, 15) is 18.3 Å². The van der Waals surface area contributed by atoms with Crippen LogP contribution in [-0.2, 0) is 9.84 Å². The molecule has 1 amide bonds. The third-order valence-electron chi connectivity index (χ3n) is 3.01. The Balaban J connectivity index is 2.90. The van der Waals surface area contributed by atoms with Crippen molar-refractivity contribution >= 4 is 27.3 Å². The van der Waals surface area contributed by atoms with Gasteiger partial charge in [0.05, 0.1) is 15.5 Å². The van der Waals surface area contributed by atoms with E-state index in [1.54, 1.807) is 6.92 Å². The number of amides is 1. The average molecular weight is 334 g/mol. The Morgan fingerprint density at radius 2 is 2.05 bits per heavy atom. The summed E-state index contributed by atoms with van der Waals surface area (Å²) < 4.78 is 23.1. The number of sulfone groups is 1. The van der Waals surface area contributed by atoms with Gasteiger partial charge in [0.2, 0.25) is 0 Å². The van der Waals surface area contributed by atoms with Crippen LogP contribution in [0, 0.1) is 0 Å². The van der Waals surface area contributed by atoms with E-state index in [1.807, 2.05) is 6.92 Å². The predicted molar refractivity (Wildman–Crippen MR) is 82.4 cm³/mol. The van der Waals surface area contributed by atoms with E-state index in [1.165, 1.54) is 18.2 Å². The van der Waals surface area contributed by atoms with Crippen molar-refractivity contribution in [2.75, 3.05) is 12.8 Å². The average Bonchev–Trinajstić information content (AvgIpc) is 2.35. The minimum Gasteiger partial charge on any atom is -0.388 e. The zero-order valence-corrected chi connectivity index (χ0v) is 13.9. The number of benzene rings is 1. The van der Waals surface area contributed by atoms with Crippen molar-refractivity contribution < 1.29 is 18.3 Å². The number of halogens is 1. The molecule has 0 heterocycles. The third-order valence-corrected chi connectivity index (χ3v) is 4.59. The molecule has 0 aliphatic carbocycles. The Labute approximate surface area is 130 Å². The SMILES string of the molecule is CCCC(C)(O)CNC(=O)c1ccc(Cl)c(S(C)(=O)=O)c1. The van der Waals surface area contributed by atoms with E-state index < -0.39 is 21.3 Å². The van der Waals surface area contributed by atoms with Crippen molar-refractivity contribution in [3.05, 3.63) is 28.8 Å². The van der Waals surface area contributed by atoms with Gasteiger partial charge in [-0.1, -0.05) is 24.9 Å². The minimum absolute atomic E-state index is 0.0760. The van der Waals surface area contributed by atoms with Crippen LogP contribution in [0.2, 0.25) is 5.02 Å². The van der Waals surface area contributed by atoms with Crippen molar-refractivity contribution in [1.29, 1.82) is 0 Å². The Morgan fingerprint density at radius 3 is 2.57 bits per heavy atom. The Kier molecular flexibility index (Phi) is 5.78. The standard InChI is InChI=1S/C14H20ClNO4S/c1-4-7-14(2,18)9-16-13(17)10-5-6-11(15)12(8-10)21(3,19)20/h5-6,8,18H,4,7,9H2,1-3H3,(H,16,17). The van der Waals surface area contributed by atoms with E-state index in [0.717, 1.165) is 12.7 Å². The van der Waals surface area contributed by atoms with E-state index in [2.05, 4.69) is 5.32 Å². The van der Waals surface area contributed by atoms with E-state index in [0.29, 0.717) is 6.42 Å². The summed E-state index contributed by atoms with van der Waals surface area (Å²) in [4.78, 5) is 11.9. The summed E-state index contributed by atoms with van der Waals surface area (Å²) in [5, 5.41) is 12.7. The van der Waals surface area contributed by atoms with Gasteiger partial charge in [0.1, 0.15) is 0 Å². The molecular formula is C14H20ClNO4S. The molecule has 21 heavy (non-hydrogen) atoms. The fraction of sp³-hybridized carbons (Fsp3) is 0.500. The van der Waals surface area contributed by atoms with Gasteiger partial charge < -0.3 is 10.4 Å². The van der Waals surface area contributed by atoms with Crippen LogP contribution in [0.15, 0.2) is 23.1 Å². The van der Waals surface area contributed by atoms with Crippen molar-refractivity contribution in [1.82, 2.24) is 5.32 Å². The Morgan fingerprint density at radius 1 is 1.43 bits per heavy atom. The molecule has 0 saturated carbocycles. The molecule has 0 fully saturated rings. The summed E-state index contributed by atoms with van der Waals surface area (Å²) in [5.74, 6) is -0.451. The lowest BCUT2D eigenvalue weighted by atomic mass is 10.0. The lowest BCUT2D eigenvalue weighted by molar-refractivity contribution is 0.0469. The molecule has 0 radical (unpaired) electrons. The van der Waals surface area contributed by atoms with Crippen molar-refractivity contribution in [3.63, 3.8) is 0 Å². The summed E-state index contributed by atoms with van der Waals surface area (Å²) in [6.07, 6.45) is 2.38. The maximum atomic E-state index is 12.0. The summed E-state index contributed by atoms with van der Waals surface area (Å²) in [6, 6.07) is 4.06. The van der Waals surface area contributed by atoms with Crippen molar-refractivity contribution in [3.8, 4) is 0 Å². The van der Waals surface area contributed by atoms with E-state index in [4.69, 9.17) is 11.6 Å². The van der Waals surface area contributed by atoms with Crippen LogP contribution in [0.4, 0.5) is 0 Å². The molecule has 0 aliphatic rings. The van der Waals surface area contributed by atoms with Crippen LogP contribution in [0.3, 0.4) is 0 Å². The van der Waals surface area contributed by atoms with Gasteiger partial charge in [-0.05, 0) is 31.5 Å². The van der Waals surface area contributed by atoms with Gasteiger partial charge in [0.25, 0.3) is 5.91 Å². The highest BCUT2D eigenvalue weighted by atomic mass is 35.5. The highest BCUT2D eigenvalue weighted by Crippen LogP contribution is 2.22. The molecule has 2 N–H and O–H groups in total. The number of hydrogen-bond donors (Lipinski definition) is 2. The largest absolute Gasteiger partial charge is 0.388 e. The van der Waals surface area contributed by atoms with Crippen LogP contribution < -0.4 is 5.32 Å². The summed E-state index contributed by atoms with van der Waals surface area (Å²) >= 11 is 5.83. The molecule has 118 valence electrons. The van der Waals surface area contributed by atoms with Crippen molar-refractivity contribution in [2.24, 2.45) is 0 Å². The molecule has 7 heteroatoms. The van der Waals surface area contributed by atoms with Gasteiger partial charge in [-0.2, -0.15) is 0 Å². The first-order valence-corrected chi connectivity index (χ1v) is 8.84. The van der Waals surface area contributed by atoms with Gasteiger partial charge in [0, 0.05) is 18.4 Å². The van der Waals surface area contributed by atoms with Gasteiger partial charge in [-0.25, -0.2) is 8.42 Å². The molecule has 1 atom stereocenters. The van der Waals surface area contributed by atoms with Gasteiger partial charge in [0.15, 0.2) is 9.84 Å². The molecule has 1 aromatic carbocycles. The van der Waals surface area contributed by atoms with Gasteiger partial charge >= 0.3 is 0 Å². The normalized spacial score (nSPS) is 14.5. The number of hydrogen-bond acceptors (Lipinski definition) is 4. The molecule has 0 spiro atoms. The predicted octanol–water partition coefficient (Wildman–Crippen LogP) is 2.02. The van der Waals surface area contributed by atoms with Crippen LogP contribution in [0.1, 0.15) is 37.0 Å². The summed E-state index contributed by atoms with van der Waals surface area (Å²) in [5.41, 5.74) is -0.802. The molecule has 1 unspecified atom stereocenters. The quantitative estimate of drug-likeness (QED) is 0.834. The summed E-state index contributed by atoms with van der Waals surface area (Å²) in [7, 11) is -3.50. The number of carbonyl (C=O) groups excluding carboxylic acids is 1. The van der Waals surface area contributed by atoms with Crippen molar-refractivity contribution in [2.45, 2.75) is 37.2 Å². The van der Waals surface area contributed by atoms with Crippen LogP contribution in [0.25, 0.3) is 0 Å². The highest BCUT2D eigenvalue weighted by molar-refractivity contribution is 7.90. The monoisotopic (exact) mass is 333 g/mol. The van der Waals surface area contributed by atoms with Crippen LogP contribution in [-0.4, -0.2) is 37.8 Å². The highest BCUT2D eigenvalue weighted by Gasteiger charge is 2.21. The zero-order valence-electron chi connectivity index (χ0n) is 12.3. The zero-order chi connectivity index (χ0) is 16.3. The lowest BCUT2D eigenvalue weighted by Gasteiger charge is -2.23. The molecule has 1 rings (SSSR count). The Bertz CT molecular complexity index is 626. The molecule has 0 aromatic heterocycles.